The zero-order valence-corrected chi connectivity index (χ0v) is 15.9. The van der Waals surface area contributed by atoms with E-state index in [0.717, 1.165) is 36.8 Å². The first-order valence-corrected chi connectivity index (χ1v) is 10.4. The molecule has 5 heteroatoms. The van der Waals surface area contributed by atoms with Crippen molar-refractivity contribution in [3.63, 3.8) is 0 Å². The Labute approximate surface area is 160 Å². The minimum Gasteiger partial charge on any atom is -0.351 e. The van der Waals surface area contributed by atoms with Crippen molar-refractivity contribution in [3.8, 4) is 11.1 Å². The lowest BCUT2D eigenvalue weighted by Gasteiger charge is -2.23. The van der Waals surface area contributed by atoms with Crippen molar-refractivity contribution in [2.24, 2.45) is 0 Å². The van der Waals surface area contributed by atoms with Gasteiger partial charge in [0.15, 0.2) is 5.69 Å². The summed E-state index contributed by atoms with van der Waals surface area (Å²) in [6.45, 7) is 0. The molecule has 5 nitrogen and oxygen atoms in total. The highest BCUT2D eigenvalue weighted by Crippen LogP contribution is 2.34. The molecule has 144 valence electrons. The first-order chi connectivity index (χ1) is 13.3. The van der Waals surface area contributed by atoms with E-state index in [4.69, 9.17) is 4.52 Å². The van der Waals surface area contributed by atoms with Gasteiger partial charge in [0.1, 0.15) is 0 Å². The molecule has 1 aromatic carbocycles. The van der Waals surface area contributed by atoms with Crippen molar-refractivity contribution >= 4 is 11.8 Å². The van der Waals surface area contributed by atoms with Crippen LogP contribution < -0.4 is 10.6 Å². The number of nitrogens with one attached hydrogen (secondary N) is 2. The molecule has 1 aromatic heterocycles. The third-order valence-corrected chi connectivity index (χ3v) is 5.85. The lowest BCUT2D eigenvalue weighted by molar-refractivity contribution is 0.0919. The summed E-state index contributed by atoms with van der Waals surface area (Å²) < 4.78 is 5.64. The van der Waals surface area contributed by atoms with E-state index in [2.05, 4.69) is 15.8 Å². The topological polar surface area (TPSA) is 67.2 Å². The molecule has 0 aliphatic heterocycles. The Morgan fingerprint density at radius 1 is 0.889 bits per heavy atom. The Kier molecular flexibility index (Phi) is 5.75. The molecule has 2 aliphatic rings. The van der Waals surface area contributed by atoms with Gasteiger partial charge < -0.3 is 15.2 Å². The van der Waals surface area contributed by atoms with E-state index in [9.17, 15) is 4.79 Å². The molecule has 0 bridgehead atoms. The SMILES string of the molecule is O=C(NC1CCCCC1)c1noc(NC2CCCCC2)c1-c1ccccc1. The van der Waals surface area contributed by atoms with Gasteiger partial charge in [0.05, 0.1) is 5.56 Å². The Morgan fingerprint density at radius 3 is 2.19 bits per heavy atom. The highest BCUT2D eigenvalue weighted by Gasteiger charge is 2.27. The number of hydrogen-bond donors (Lipinski definition) is 2. The maximum absolute atomic E-state index is 13.0. The van der Waals surface area contributed by atoms with Crippen molar-refractivity contribution in [2.45, 2.75) is 76.3 Å². The number of anilines is 1. The monoisotopic (exact) mass is 367 g/mol. The van der Waals surface area contributed by atoms with Crippen molar-refractivity contribution in [1.82, 2.24) is 10.5 Å². The van der Waals surface area contributed by atoms with Crippen LogP contribution in [-0.4, -0.2) is 23.1 Å². The molecule has 4 rings (SSSR count). The van der Waals surface area contributed by atoms with Gasteiger partial charge in [-0.15, -0.1) is 0 Å². The molecule has 27 heavy (non-hydrogen) atoms. The first-order valence-electron chi connectivity index (χ1n) is 10.4. The van der Waals surface area contributed by atoms with Crippen molar-refractivity contribution in [2.75, 3.05) is 5.32 Å². The fraction of sp³-hybridized carbons (Fsp3) is 0.545. The molecule has 2 aromatic rings. The quantitative estimate of drug-likeness (QED) is 0.767. The van der Waals surface area contributed by atoms with Crippen LogP contribution in [-0.2, 0) is 0 Å². The smallest absolute Gasteiger partial charge is 0.274 e. The minimum atomic E-state index is -0.124. The summed E-state index contributed by atoms with van der Waals surface area (Å²) in [6.07, 6.45) is 11.8. The zero-order valence-electron chi connectivity index (χ0n) is 15.9. The van der Waals surface area contributed by atoms with E-state index in [1.807, 2.05) is 30.3 Å². The molecule has 1 amide bonds. The van der Waals surface area contributed by atoms with Crippen LogP contribution in [0.1, 0.15) is 74.7 Å². The molecule has 0 radical (unpaired) electrons. The summed E-state index contributed by atoms with van der Waals surface area (Å²) >= 11 is 0. The number of nitrogens with zero attached hydrogens (tertiary/aromatic N) is 1. The molecule has 0 spiro atoms. The third-order valence-electron chi connectivity index (χ3n) is 5.85. The van der Waals surface area contributed by atoms with E-state index in [1.165, 1.54) is 38.5 Å². The van der Waals surface area contributed by atoms with Crippen LogP contribution in [0.3, 0.4) is 0 Å². The van der Waals surface area contributed by atoms with Gasteiger partial charge in [-0.3, -0.25) is 4.79 Å². The summed E-state index contributed by atoms with van der Waals surface area (Å²) in [4.78, 5) is 13.0. The average molecular weight is 367 g/mol. The van der Waals surface area contributed by atoms with Crippen molar-refractivity contribution in [3.05, 3.63) is 36.0 Å². The summed E-state index contributed by atoms with van der Waals surface area (Å²) in [5, 5.41) is 10.9. The van der Waals surface area contributed by atoms with E-state index in [1.54, 1.807) is 0 Å². The molecule has 0 unspecified atom stereocenters. The number of carbonyl (C=O) groups excluding carboxylic acids is 1. The number of hydrogen-bond acceptors (Lipinski definition) is 4. The van der Waals surface area contributed by atoms with E-state index >= 15 is 0 Å². The third kappa shape index (κ3) is 4.34. The molecule has 1 heterocycles. The van der Waals surface area contributed by atoms with Gasteiger partial charge in [-0.25, -0.2) is 0 Å². The van der Waals surface area contributed by atoms with Crippen molar-refractivity contribution < 1.29 is 9.32 Å². The Morgan fingerprint density at radius 2 is 1.52 bits per heavy atom. The van der Waals surface area contributed by atoms with E-state index in [0.29, 0.717) is 17.6 Å². The molecule has 2 fully saturated rings. The van der Waals surface area contributed by atoms with Gasteiger partial charge in [0, 0.05) is 12.1 Å². The average Bonchev–Trinajstić information content (AvgIpc) is 3.14. The zero-order chi connectivity index (χ0) is 18.5. The molecule has 2 N–H and O–H groups in total. The number of amides is 1. The standard InChI is InChI=1S/C22H29N3O2/c26-21(23-17-12-6-2-7-13-17)20-19(16-10-4-1-5-11-16)22(27-25-20)24-18-14-8-3-9-15-18/h1,4-5,10-11,17-18,24H,2-3,6-9,12-15H2,(H,23,26). The molecule has 2 saturated carbocycles. The van der Waals surface area contributed by atoms with Crippen LogP contribution in [0.5, 0.6) is 0 Å². The van der Waals surface area contributed by atoms with Crippen LogP contribution in [0.4, 0.5) is 5.88 Å². The van der Waals surface area contributed by atoms with Crippen LogP contribution >= 0.6 is 0 Å². The van der Waals surface area contributed by atoms with E-state index < -0.39 is 0 Å². The van der Waals surface area contributed by atoms with E-state index in [-0.39, 0.29) is 11.9 Å². The fourth-order valence-electron chi connectivity index (χ4n) is 4.35. The molecule has 0 atom stereocenters. The number of carbonyl (C=O) groups is 1. The van der Waals surface area contributed by atoms with Gasteiger partial charge >= 0.3 is 0 Å². The fourth-order valence-corrected chi connectivity index (χ4v) is 4.35. The van der Waals surface area contributed by atoms with Gasteiger partial charge in [0.2, 0.25) is 5.88 Å². The number of benzene rings is 1. The normalized spacial score (nSPS) is 19.0. The Balaban J connectivity index is 1.59. The van der Waals surface area contributed by atoms with Crippen molar-refractivity contribution in [1.29, 1.82) is 0 Å². The highest BCUT2D eigenvalue weighted by atomic mass is 16.5. The first kappa shape index (κ1) is 18.1. The second kappa shape index (κ2) is 8.59. The van der Waals surface area contributed by atoms with Crippen LogP contribution in [0.25, 0.3) is 11.1 Å². The van der Waals surface area contributed by atoms with Crippen LogP contribution in [0.15, 0.2) is 34.9 Å². The van der Waals surface area contributed by atoms with Crippen LogP contribution in [0.2, 0.25) is 0 Å². The lowest BCUT2D eigenvalue weighted by Crippen LogP contribution is -2.36. The second-order valence-corrected chi connectivity index (χ2v) is 7.89. The molecular weight excluding hydrogens is 338 g/mol. The number of aromatic nitrogens is 1. The molecule has 0 saturated heterocycles. The summed E-state index contributed by atoms with van der Waals surface area (Å²) in [7, 11) is 0. The second-order valence-electron chi connectivity index (χ2n) is 7.89. The highest BCUT2D eigenvalue weighted by molar-refractivity contribution is 6.01. The van der Waals surface area contributed by atoms with Gasteiger partial charge in [-0.1, -0.05) is 74.0 Å². The maximum atomic E-state index is 13.0. The maximum Gasteiger partial charge on any atom is 0.274 e. The van der Waals surface area contributed by atoms with Crippen LogP contribution in [0, 0.1) is 0 Å². The van der Waals surface area contributed by atoms with Gasteiger partial charge in [-0.2, -0.15) is 0 Å². The van der Waals surface area contributed by atoms with Gasteiger partial charge in [-0.05, 0) is 31.2 Å². The summed E-state index contributed by atoms with van der Waals surface area (Å²) in [5.74, 6) is 0.503. The predicted octanol–water partition coefficient (Wildman–Crippen LogP) is 5.15. The largest absolute Gasteiger partial charge is 0.351 e. The summed E-state index contributed by atoms with van der Waals surface area (Å²) in [5.41, 5.74) is 2.14. The lowest BCUT2D eigenvalue weighted by atomic mass is 9.94. The summed E-state index contributed by atoms with van der Waals surface area (Å²) in [6, 6.07) is 10.6. The molecule has 2 aliphatic carbocycles. The predicted molar refractivity (Wildman–Crippen MR) is 107 cm³/mol. The molecular formula is C22H29N3O2. The minimum absolute atomic E-state index is 0.124. The Bertz CT molecular complexity index is 744. The number of rotatable bonds is 5. The van der Waals surface area contributed by atoms with Gasteiger partial charge in [0.25, 0.3) is 5.91 Å². The Hall–Kier alpha value is -2.30.